The lowest BCUT2D eigenvalue weighted by Crippen LogP contribution is -2.08. The van der Waals surface area contributed by atoms with E-state index in [0.717, 1.165) is 30.6 Å². The van der Waals surface area contributed by atoms with Crippen LogP contribution in [0.3, 0.4) is 0 Å². The van der Waals surface area contributed by atoms with Crippen LogP contribution in [0.15, 0.2) is 72.8 Å². The summed E-state index contributed by atoms with van der Waals surface area (Å²) >= 11 is 0. The van der Waals surface area contributed by atoms with Crippen molar-refractivity contribution >= 4 is 5.97 Å². The zero-order chi connectivity index (χ0) is 34.1. The summed E-state index contributed by atoms with van der Waals surface area (Å²) in [5.41, 5.74) is 5.32. The normalized spacial score (nSPS) is 11.9. The van der Waals surface area contributed by atoms with Gasteiger partial charge in [0.05, 0.1) is 11.7 Å². The summed E-state index contributed by atoms with van der Waals surface area (Å²) in [6.45, 7) is 7.43. The summed E-state index contributed by atoms with van der Waals surface area (Å²) in [6, 6.07) is 24.3. The Morgan fingerprint density at radius 2 is 0.958 bits per heavy atom. The second-order valence-electron chi connectivity index (χ2n) is 13.9. The Labute approximate surface area is 294 Å². The van der Waals surface area contributed by atoms with Crippen molar-refractivity contribution in [3.05, 3.63) is 89.5 Å². The molecule has 48 heavy (non-hydrogen) atoms. The Kier molecular flexibility index (Phi) is 20.7. The number of ether oxygens (including phenoxy) is 2. The molecule has 0 aliphatic heterocycles. The van der Waals surface area contributed by atoms with Gasteiger partial charge in [-0.1, -0.05) is 178 Å². The molecule has 0 spiro atoms. The molecule has 0 fully saturated rings. The van der Waals surface area contributed by atoms with Crippen LogP contribution in [-0.4, -0.2) is 12.6 Å². The van der Waals surface area contributed by atoms with E-state index in [4.69, 9.17) is 9.47 Å². The van der Waals surface area contributed by atoms with E-state index in [1.807, 2.05) is 48.5 Å². The van der Waals surface area contributed by atoms with E-state index in [1.165, 1.54) is 133 Å². The zero-order valence-electron chi connectivity index (χ0n) is 30.8. The van der Waals surface area contributed by atoms with Crippen molar-refractivity contribution in [3.63, 3.8) is 0 Å². The van der Waals surface area contributed by atoms with Crippen LogP contribution in [-0.2, 0) is 11.2 Å². The molecule has 0 saturated heterocycles. The predicted molar refractivity (Wildman–Crippen MR) is 205 cm³/mol. The molecule has 0 aliphatic rings. The standard InChI is InChI=1S/C45H66O3/c1-4-6-8-10-12-14-16-18-20-22-24-39-25-27-41(28-26-39)42-29-31-43(32-30-42)45(46)48-44-35-33-40(34-36-44)38(3)47-37-23-21-19-17-15-13-11-9-7-5-2/h25-36,38H,4-24,37H2,1-3H3. The molecule has 264 valence electrons. The number of carbonyl (C=O) groups is 1. The predicted octanol–water partition coefficient (Wildman–Crippen LogP) is 14.0. The van der Waals surface area contributed by atoms with Crippen LogP contribution in [0.1, 0.15) is 177 Å². The van der Waals surface area contributed by atoms with E-state index in [2.05, 4.69) is 45.0 Å². The van der Waals surface area contributed by atoms with E-state index in [9.17, 15) is 4.79 Å². The van der Waals surface area contributed by atoms with Crippen LogP contribution in [0.25, 0.3) is 11.1 Å². The number of aryl methyl sites for hydroxylation is 1. The van der Waals surface area contributed by atoms with Crippen LogP contribution >= 0.6 is 0 Å². The number of carbonyl (C=O) groups excluding carboxylic acids is 1. The molecule has 3 aromatic rings. The van der Waals surface area contributed by atoms with E-state index < -0.39 is 0 Å². The van der Waals surface area contributed by atoms with Gasteiger partial charge < -0.3 is 9.47 Å². The average molecular weight is 655 g/mol. The molecule has 3 heteroatoms. The minimum Gasteiger partial charge on any atom is -0.423 e. The van der Waals surface area contributed by atoms with Gasteiger partial charge in [0.2, 0.25) is 0 Å². The van der Waals surface area contributed by atoms with Gasteiger partial charge in [-0.05, 0) is 72.7 Å². The van der Waals surface area contributed by atoms with E-state index in [1.54, 1.807) is 0 Å². The third-order valence-electron chi connectivity index (χ3n) is 9.65. The molecule has 3 aromatic carbocycles. The van der Waals surface area contributed by atoms with Gasteiger partial charge >= 0.3 is 5.97 Å². The van der Waals surface area contributed by atoms with Crippen molar-refractivity contribution < 1.29 is 14.3 Å². The van der Waals surface area contributed by atoms with Crippen molar-refractivity contribution in [2.75, 3.05) is 6.61 Å². The number of esters is 1. The number of unbranched alkanes of at least 4 members (excludes halogenated alkanes) is 18. The first-order valence-corrected chi connectivity index (χ1v) is 19.7. The molecule has 1 atom stereocenters. The number of hydrogen-bond donors (Lipinski definition) is 0. The van der Waals surface area contributed by atoms with Crippen molar-refractivity contribution in [1.82, 2.24) is 0 Å². The van der Waals surface area contributed by atoms with E-state index in [-0.39, 0.29) is 12.1 Å². The molecule has 1 unspecified atom stereocenters. The van der Waals surface area contributed by atoms with Crippen molar-refractivity contribution in [3.8, 4) is 16.9 Å². The lowest BCUT2D eigenvalue weighted by atomic mass is 10.00. The van der Waals surface area contributed by atoms with Gasteiger partial charge in [0, 0.05) is 6.61 Å². The highest BCUT2D eigenvalue weighted by Gasteiger charge is 2.11. The largest absolute Gasteiger partial charge is 0.423 e. The summed E-state index contributed by atoms with van der Waals surface area (Å²) in [4.78, 5) is 12.8. The van der Waals surface area contributed by atoms with Gasteiger partial charge in [0.15, 0.2) is 0 Å². The van der Waals surface area contributed by atoms with Crippen LogP contribution in [0.2, 0.25) is 0 Å². The molecule has 0 N–H and O–H groups in total. The van der Waals surface area contributed by atoms with Gasteiger partial charge in [-0.15, -0.1) is 0 Å². The molecule has 0 heterocycles. The van der Waals surface area contributed by atoms with Gasteiger partial charge in [-0.2, -0.15) is 0 Å². The molecular weight excluding hydrogens is 588 g/mol. The lowest BCUT2D eigenvalue weighted by molar-refractivity contribution is 0.0627. The average Bonchev–Trinajstić information content (AvgIpc) is 3.12. The molecule has 0 aromatic heterocycles. The quantitative estimate of drug-likeness (QED) is 0.0466. The Bertz CT molecular complexity index is 1210. The summed E-state index contributed by atoms with van der Waals surface area (Å²) in [5, 5.41) is 0. The van der Waals surface area contributed by atoms with E-state index in [0.29, 0.717) is 11.3 Å². The van der Waals surface area contributed by atoms with Crippen LogP contribution in [0, 0.1) is 0 Å². The first kappa shape index (κ1) is 39.5. The van der Waals surface area contributed by atoms with E-state index >= 15 is 0 Å². The number of rotatable bonds is 27. The maximum atomic E-state index is 12.8. The Morgan fingerprint density at radius 3 is 1.46 bits per heavy atom. The smallest absolute Gasteiger partial charge is 0.343 e. The topological polar surface area (TPSA) is 35.5 Å². The Morgan fingerprint density at radius 1 is 0.521 bits per heavy atom. The van der Waals surface area contributed by atoms with Gasteiger partial charge in [0.1, 0.15) is 5.75 Å². The van der Waals surface area contributed by atoms with Crippen LogP contribution in [0.4, 0.5) is 0 Å². The van der Waals surface area contributed by atoms with Crippen molar-refractivity contribution in [2.45, 2.75) is 162 Å². The monoisotopic (exact) mass is 655 g/mol. The van der Waals surface area contributed by atoms with Crippen molar-refractivity contribution in [2.24, 2.45) is 0 Å². The molecule has 3 rings (SSSR count). The molecule has 0 amide bonds. The highest BCUT2D eigenvalue weighted by molar-refractivity contribution is 5.91. The SMILES string of the molecule is CCCCCCCCCCCCOC(C)c1ccc(OC(=O)c2ccc(-c3ccc(CCCCCCCCCCCC)cc3)cc2)cc1. The fraction of sp³-hybridized carbons (Fsp3) is 0.578. The molecule has 0 aliphatic carbocycles. The number of benzene rings is 3. The summed E-state index contributed by atoms with van der Waals surface area (Å²) in [7, 11) is 0. The Balaban J connectivity index is 1.30. The highest BCUT2D eigenvalue weighted by Crippen LogP contribution is 2.24. The molecule has 0 bridgehead atoms. The van der Waals surface area contributed by atoms with Gasteiger partial charge in [-0.3, -0.25) is 0 Å². The molecule has 3 nitrogen and oxygen atoms in total. The van der Waals surface area contributed by atoms with Gasteiger partial charge in [0.25, 0.3) is 0 Å². The molecular formula is C45H66O3. The Hall–Kier alpha value is -2.91. The zero-order valence-corrected chi connectivity index (χ0v) is 30.8. The second-order valence-corrected chi connectivity index (χ2v) is 13.9. The summed E-state index contributed by atoms with van der Waals surface area (Å²) < 4.78 is 11.8. The fourth-order valence-electron chi connectivity index (χ4n) is 6.40. The minimum absolute atomic E-state index is 0.0228. The van der Waals surface area contributed by atoms with Crippen LogP contribution in [0.5, 0.6) is 5.75 Å². The summed E-state index contributed by atoms with van der Waals surface area (Å²) in [5.74, 6) is 0.208. The third-order valence-corrected chi connectivity index (χ3v) is 9.65. The maximum Gasteiger partial charge on any atom is 0.343 e. The second kappa shape index (κ2) is 25.1. The first-order chi connectivity index (χ1) is 23.6. The molecule has 0 radical (unpaired) electrons. The maximum absolute atomic E-state index is 12.8. The minimum atomic E-state index is -0.341. The first-order valence-electron chi connectivity index (χ1n) is 19.7. The van der Waals surface area contributed by atoms with Gasteiger partial charge in [-0.25, -0.2) is 4.79 Å². The fourth-order valence-corrected chi connectivity index (χ4v) is 6.40. The molecule has 0 saturated carbocycles. The highest BCUT2D eigenvalue weighted by atomic mass is 16.5. The van der Waals surface area contributed by atoms with Crippen molar-refractivity contribution in [1.29, 1.82) is 0 Å². The third kappa shape index (κ3) is 16.5. The number of hydrogen-bond acceptors (Lipinski definition) is 3. The lowest BCUT2D eigenvalue weighted by Gasteiger charge is -2.14. The van der Waals surface area contributed by atoms with Crippen LogP contribution < -0.4 is 4.74 Å². The summed E-state index contributed by atoms with van der Waals surface area (Å²) in [6.07, 6.45) is 28.1.